The maximum Gasteiger partial charge on any atom is 0.391 e. The molecule has 19 heavy (non-hydrogen) atoms. The summed E-state index contributed by atoms with van der Waals surface area (Å²) < 4.78 is 43.0. The summed E-state index contributed by atoms with van der Waals surface area (Å²) in [5.74, 6) is -0.304. The molecule has 5 heteroatoms. The van der Waals surface area contributed by atoms with Crippen molar-refractivity contribution in [2.24, 2.45) is 11.8 Å². The zero-order chi connectivity index (χ0) is 13.9. The first-order valence-electron chi connectivity index (χ1n) is 6.43. The smallest absolute Gasteiger partial charge is 0.391 e. The Morgan fingerprint density at radius 2 is 1.84 bits per heavy atom. The van der Waals surface area contributed by atoms with Gasteiger partial charge in [0.1, 0.15) is 11.5 Å². The number of phenols is 1. The van der Waals surface area contributed by atoms with Crippen molar-refractivity contribution in [3.05, 3.63) is 24.3 Å². The molecular weight excluding hydrogens is 257 g/mol. The minimum atomic E-state index is -4.06. The summed E-state index contributed by atoms with van der Waals surface area (Å²) in [5, 5.41) is 9.27. The van der Waals surface area contributed by atoms with E-state index in [1.54, 1.807) is 18.2 Å². The molecule has 0 saturated heterocycles. The van der Waals surface area contributed by atoms with Crippen LogP contribution in [0.4, 0.5) is 13.2 Å². The molecule has 1 N–H and O–H groups in total. The highest BCUT2D eigenvalue weighted by Crippen LogP contribution is 2.39. The van der Waals surface area contributed by atoms with E-state index in [-0.39, 0.29) is 24.5 Å². The van der Waals surface area contributed by atoms with E-state index in [1.165, 1.54) is 6.07 Å². The van der Waals surface area contributed by atoms with Gasteiger partial charge >= 0.3 is 6.18 Å². The van der Waals surface area contributed by atoms with Crippen LogP contribution >= 0.6 is 0 Å². The van der Waals surface area contributed by atoms with Crippen LogP contribution in [0, 0.1) is 11.8 Å². The molecule has 0 aromatic heterocycles. The molecule has 1 aromatic rings. The van der Waals surface area contributed by atoms with Crippen LogP contribution in [0.5, 0.6) is 11.5 Å². The Labute approximate surface area is 110 Å². The van der Waals surface area contributed by atoms with Gasteiger partial charge in [0.25, 0.3) is 0 Å². The van der Waals surface area contributed by atoms with Gasteiger partial charge in [-0.25, -0.2) is 0 Å². The average molecular weight is 274 g/mol. The molecule has 2 nitrogen and oxygen atoms in total. The van der Waals surface area contributed by atoms with Gasteiger partial charge in [-0.1, -0.05) is 6.07 Å². The third-order valence-corrected chi connectivity index (χ3v) is 3.61. The fraction of sp³-hybridized carbons (Fsp3) is 0.571. The van der Waals surface area contributed by atoms with E-state index in [2.05, 4.69) is 0 Å². The molecule has 2 rings (SSSR count). The molecule has 1 saturated carbocycles. The Kier molecular flexibility index (Phi) is 4.22. The predicted octanol–water partition coefficient (Wildman–Crippen LogP) is 4.14. The first-order chi connectivity index (χ1) is 8.95. The molecule has 0 heterocycles. The van der Waals surface area contributed by atoms with Crippen LogP contribution in [0.1, 0.15) is 25.7 Å². The van der Waals surface area contributed by atoms with Gasteiger partial charge < -0.3 is 9.84 Å². The largest absolute Gasteiger partial charge is 0.508 e. The summed E-state index contributed by atoms with van der Waals surface area (Å²) in [6.07, 6.45) is -2.59. The van der Waals surface area contributed by atoms with Crippen molar-refractivity contribution in [1.82, 2.24) is 0 Å². The zero-order valence-electron chi connectivity index (χ0n) is 10.5. The minimum absolute atomic E-state index is 0.123. The van der Waals surface area contributed by atoms with Crippen molar-refractivity contribution in [3.8, 4) is 11.5 Å². The van der Waals surface area contributed by atoms with Gasteiger partial charge in [0.05, 0.1) is 12.5 Å². The maximum absolute atomic E-state index is 12.5. The zero-order valence-corrected chi connectivity index (χ0v) is 10.5. The van der Waals surface area contributed by atoms with E-state index in [0.717, 1.165) is 0 Å². The Hall–Kier alpha value is -1.39. The molecule has 1 aliphatic rings. The van der Waals surface area contributed by atoms with Gasteiger partial charge in [-0.2, -0.15) is 13.2 Å². The normalized spacial score (nSPS) is 24.2. The number of benzene rings is 1. The van der Waals surface area contributed by atoms with Gasteiger partial charge in [0.15, 0.2) is 0 Å². The second kappa shape index (κ2) is 5.72. The highest BCUT2D eigenvalue weighted by molar-refractivity contribution is 5.31. The molecule has 0 atom stereocenters. The van der Waals surface area contributed by atoms with E-state index < -0.39 is 12.1 Å². The summed E-state index contributed by atoms with van der Waals surface area (Å²) >= 11 is 0. The third-order valence-electron chi connectivity index (χ3n) is 3.61. The topological polar surface area (TPSA) is 29.5 Å². The number of phenolic OH excluding ortho intramolecular Hbond substituents is 1. The van der Waals surface area contributed by atoms with Crippen LogP contribution in [-0.4, -0.2) is 17.9 Å². The van der Waals surface area contributed by atoms with E-state index in [1.807, 2.05) is 0 Å². The first kappa shape index (κ1) is 14.0. The monoisotopic (exact) mass is 274 g/mol. The molecule has 0 aliphatic heterocycles. The van der Waals surface area contributed by atoms with Crippen LogP contribution in [0.2, 0.25) is 0 Å². The third kappa shape index (κ3) is 4.04. The molecule has 0 amide bonds. The Morgan fingerprint density at radius 3 is 2.42 bits per heavy atom. The predicted molar refractivity (Wildman–Crippen MR) is 65.1 cm³/mol. The lowest BCUT2D eigenvalue weighted by Gasteiger charge is -2.29. The quantitative estimate of drug-likeness (QED) is 0.897. The van der Waals surface area contributed by atoms with Gasteiger partial charge in [0, 0.05) is 6.07 Å². The standard InChI is InChI=1S/C14H17F3O2/c15-14(16,17)11-6-4-10(5-7-11)9-19-13-3-1-2-12(18)8-13/h1-3,8,10-11,18H,4-7,9H2/t10-,11-. The van der Waals surface area contributed by atoms with Gasteiger partial charge in [-0.05, 0) is 43.7 Å². The van der Waals surface area contributed by atoms with E-state index >= 15 is 0 Å². The molecular formula is C14H17F3O2. The molecule has 1 fully saturated rings. The van der Waals surface area contributed by atoms with Crippen LogP contribution in [0.25, 0.3) is 0 Å². The summed E-state index contributed by atoms with van der Waals surface area (Å²) in [7, 11) is 0. The van der Waals surface area contributed by atoms with Crippen molar-refractivity contribution in [2.75, 3.05) is 6.61 Å². The molecule has 0 radical (unpaired) electrons. The number of aromatic hydroxyl groups is 1. The maximum atomic E-state index is 12.5. The molecule has 0 bridgehead atoms. The average Bonchev–Trinajstić information content (AvgIpc) is 2.36. The van der Waals surface area contributed by atoms with E-state index in [4.69, 9.17) is 4.74 Å². The van der Waals surface area contributed by atoms with Gasteiger partial charge in [-0.15, -0.1) is 0 Å². The van der Waals surface area contributed by atoms with Crippen molar-refractivity contribution < 1.29 is 23.0 Å². The summed E-state index contributed by atoms with van der Waals surface area (Å²) in [5.41, 5.74) is 0. The number of halogens is 3. The fourth-order valence-electron chi connectivity index (χ4n) is 2.44. The fourth-order valence-corrected chi connectivity index (χ4v) is 2.44. The van der Waals surface area contributed by atoms with Crippen molar-refractivity contribution in [2.45, 2.75) is 31.9 Å². The highest BCUT2D eigenvalue weighted by Gasteiger charge is 2.41. The SMILES string of the molecule is Oc1cccc(OC[C@H]2CC[C@H](C(F)(F)F)CC2)c1. The van der Waals surface area contributed by atoms with Crippen molar-refractivity contribution in [3.63, 3.8) is 0 Å². The van der Waals surface area contributed by atoms with E-state index in [9.17, 15) is 18.3 Å². The van der Waals surface area contributed by atoms with E-state index in [0.29, 0.717) is 25.2 Å². The lowest BCUT2D eigenvalue weighted by Crippen LogP contribution is -2.29. The number of rotatable bonds is 3. The minimum Gasteiger partial charge on any atom is -0.508 e. The van der Waals surface area contributed by atoms with Gasteiger partial charge in [0.2, 0.25) is 0 Å². The van der Waals surface area contributed by atoms with Crippen molar-refractivity contribution in [1.29, 1.82) is 0 Å². The highest BCUT2D eigenvalue weighted by atomic mass is 19.4. The lowest BCUT2D eigenvalue weighted by atomic mass is 9.82. The Balaban J connectivity index is 1.77. The molecule has 0 spiro atoms. The Morgan fingerprint density at radius 1 is 1.16 bits per heavy atom. The van der Waals surface area contributed by atoms with Gasteiger partial charge in [-0.3, -0.25) is 0 Å². The van der Waals surface area contributed by atoms with Crippen LogP contribution in [-0.2, 0) is 0 Å². The van der Waals surface area contributed by atoms with Crippen molar-refractivity contribution >= 4 is 0 Å². The second-order valence-electron chi connectivity index (χ2n) is 5.07. The number of hydrogen-bond donors (Lipinski definition) is 1. The molecule has 106 valence electrons. The second-order valence-corrected chi connectivity index (χ2v) is 5.07. The summed E-state index contributed by atoms with van der Waals surface area (Å²) in [4.78, 5) is 0. The Bertz CT molecular complexity index is 409. The number of alkyl halides is 3. The number of ether oxygens (including phenoxy) is 1. The van der Waals surface area contributed by atoms with Crippen LogP contribution in [0.3, 0.4) is 0 Å². The summed E-state index contributed by atoms with van der Waals surface area (Å²) in [6, 6.07) is 6.44. The lowest BCUT2D eigenvalue weighted by molar-refractivity contribution is -0.184. The number of hydrogen-bond acceptors (Lipinski definition) is 2. The first-order valence-corrected chi connectivity index (χ1v) is 6.43. The summed E-state index contributed by atoms with van der Waals surface area (Å²) in [6.45, 7) is 0.411. The van der Waals surface area contributed by atoms with Crippen LogP contribution in [0.15, 0.2) is 24.3 Å². The van der Waals surface area contributed by atoms with Crippen LogP contribution < -0.4 is 4.74 Å². The molecule has 1 aliphatic carbocycles. The molecule has 0 unspecified atom stereocenters. The molecule has 1 aromatic carbocycles.